The van der Waals surface area contributed by atoms with E-state index in [0.29, 0.717) is 6.54 Å². The summed E-state index contributed by atoms with van der Waals surface area (Å²) < 4.78 is 5.36. The van der Waals surface area contributed by atoms with Crippen molar-refractivity contribution in [2.75, 3.05) is 13.6 Å². The largest absolute Gasteiger partial charge is 0.468 e. The number of nitrogens with zero attached hydrogens (tertiary/aromatic N) is 1. The van der Waals surface area contributed by atoms with Gasteiger partial charge in [0.15, 0.2) is 0 Å². The van der Waals surface area contributed by atoms with Crippen molar-refractivity contribution in [1.82, 2.24) is 4.90 Å². The van der Waals surface area contributed by atoms with Gasteiger partial charge in [0.05, 0.1) is 12.8 Å². The lowest BCUT2D eigenvalue weighted by Gasteiger charge is -2.15. The molecule has 3 heteroatoms. The van der Waals surface area contributed by atoms with E-state index in [4.69, 9.17) is 10.2 Å². The molecule has 1 aromatic heterocycles. The minimum absolute atomic E-state index is 0.534. The number of hydrogen-bond acceptors (Lipinski definition) is 3. The van der Waals surface area contributed by atoms with Crippen LogP contribution in [-0.4, -0.2) is 18.5 Å². The number of likely N-dealkylation sites (N-methyl/N-ethyl adjacent to an activating group) is 1. The van der Waals surface area contributed by atoms with E-state index in [1.807, 2.05) is 20.0 Å². The Morgan fingerprint density at radius 2 is 2.36 bits per heavy atom. The first-order valence-corrected chi connectivity index (χ1v) is 4.71. The van der Waals surface area contributed by atoms with Gasteiger partial charge in [-0.15, -0.1) is 0 Å². The van der Waals surface area contributed by atoms with Crippen LogP contribution in [0.1, 0.15) is 18.2 Å². The summed E-state index contributed by atoms with van der Waals surface area (Å²) in [5, 5.41) is 0. The molecular weight excluding hydrogens is 176 g/mol. The molecule has 1 aromatic rings. The molecule has 1 heterocycles. The maximum Gasteiger partial charge on any atom is 0.122 e. The summed E-state index contributed by atoms with van der Waals surface area (Å²) >= 11 is 0. The van der Waals surface area contributed by atoms with Gasteiger partial charge in [-0.3, -0.25) is 4.90 Å². The van der Waals surface area contributed by atoms with Gasteiger partial charge in [-0.05, 0) is 20.0 Å². The van der Waals surface area contributed by atoms with E-state index in [1.165, 1.54) is 0 Å². The number of nitrogens with two attached hydrogens (primary N) is 1. The van der Waals surface area contributed by atoms with Crippen LogP contribution in [0, 0.1) is 0 Å². The normalized spacial score (nSPS) is 10.9. The highest BCUT2D eigenvalue weighted by molar-refractivity contribution is 5.16. The smallest absolute Gasteiger partial charge is 0.122 e. The predicted octanol–water partition coefficient (Wildman–Crippen LogP) is 1.75. The van der Waals surface area contributed by atoms with Crippen molar-refractivity contribution in [3.63, 3.8) is 0 Å². The van der Waals surface area contributed by atoms with Crippen molar-refractivity contribution >= 4 is 0 Å². The Morgan fingerprint density at radius 1 is 1.64 bits per heavy atom. The second-order valence-electron chi connectivity index (χ2n) is 3.70. The van der Waals surface area contributed by atoms with E-state index >= 15 is 0 Å². The molecule has 0 atom stereocenters. The van der Waals surface area contributed by atoms with E-state index in [0.717, 1.165) is 30.0 Å². The molecule has 0 aliphatic carbocycles. The van der Waals surface area contributed by atoms with Gasteiger partial charge in [0.25, 0.3) is 0 Å². The highest BCUT2D eigenvalue weighted by Gasteiger charge is 2.07. The van der Waals surface area contributed by atoms with Crippen molar-refractivity contribution in [3.05, 3.63) is 35.8 Å². The quantitative estimate of drug-likeness (QED) is 0.726. The molecule has 14 heavy (non-hydrogen) atoms. The standard InChI is InChI=1S/C11H18N2O/c1-9(2)7-13(3)8-11-10(6-12)4-5-14-11/h4-5H,1,6-8,12H2,2-3H3. The fourth-order valence-corrected chi connectivity index (χ4v) is 1.45. The van der Waals surface area contributed by atoms with Crippen LogP contribution in [0.2, 0.25) is 0 Å². The molecule has 0 radical (unpaired) electrons. The second-order valence-corrected chi connectivity index (χ2v) is 3.70. The summed E-state index contributed by atoms with van der Waals surface area (Å²) in [5.41, 5.74) is 7.80. The van der Waals surface area contributed by atoms with Crippen molar-refractivity contribution in [1.29, 1.82) is 0 Å². The third-order valence-electron chi connectivity index (χ3n) is 2.01. The van der Waals surface area contributed by atoms with Crippen LogP contribution in [0.4, 0.5) is 0 Å². The van der Waals surface area contributed by atoms with Crippen LogP contribution in [0.3, 0.4) is 0 Å². The summed E-state index contributed by atoms with van der Waals surface area (Å²) in [7, 11) is 2.04. The monoisotopic (exact) mass is 194 g/mol. The lowest BCUT2D eigenvalue weighted by Crippen LogP contribution is -2.20. The van der Waals surface area contributed by atoms with Crippen LogP contribution >= 0.6 is 0 Å². The molecule has 0 saturated heterocycles. The Bertz CT molecular complexity index is 304. The third kappa shape index (κ3) is 3.01. The van der Waals surface area contributed by atoms with Gasteiger partial charge < -0.3 is 10.2 Å². The van der Waals surface area contributed by atoms with E-state index in [9.17, 15) is 0 Å². The zero-order valence-corrected chi connectivity index (χ0v) is 8.92. The first kappa shape index (κ1) is 11.0. The van der Waals surface area contributed by atoms with Gasteiger partial charge in [-0.1, -0.05) is 12.2 Å². The van der Waals surface area contributed by atoms with Crippen molar-refractivity contribution in [3.8, 4) is 0 Å². The molecule has 0 spiro atoms. The van der Waals surface area contributed by atoms with E-state index in [2.05, 4.69) is 11.5 Å². The van der Waals surface area contributed by atoms with Crippen LogP contribution < -0.4 is 5.73 Å². The Balaban J connectivity index is 2.55. The third-order valence-corrected chi connectivity index (χ3v) is 2.01. The summed E-state index contributed by atoms with van der Waals surface area (Å²) in [5.74, 6) is 0.955. The summed E-state index contributed by atoms with van der Waals surface area (Å²) in [6.07, 6.45) is 1.69. The first-order chi connectivity index (χ1) is 6.63. The number of furan rings is 1. The molecule has 0 aliphatic rings. The fraction of sp³-hybridized carbons (Fsp3) is 0.455. The molecule has 1 rings (SSSR count). The van der Waals surface area contributed by atoms with Crippen LogP contribution in [0.15, 0.2) is 28.9 Å². The van der Waals surface area contributed by atoms with Gasteiger partial charge in [0.1, 0.15) is 5.76 Å². The summed E-state index contributed by atoms with van der Waals surface area (Å²) in [6, 6.07) is 1.92. The second kappa shape index (κ2) is 4.98. The molecule has 3 nitrogen and oxygen atoms in total. The summed E-state index contributed by atoms with van der Waals surface area (Å²) in [6.45, 7) is 8.08. The van der Waals surface area contributed by atoms with Crippen LogP contribution in [0.25, 0.3) is 0 Å². The molecule has 0 amide bonds. The van der Waals surface area contributed by atoms with Crippen LogP contribution in [-0.2, 0) is 13.1 Å². The zero-order valence-electron chi connectivity index (χ0n) is 8.92. The van der Waals surface area contributed by atoms with Gasteiger partial charge in [-0.25, -0.2) is 0 Å². The average Bonchev–Trinajstić information content (AvgIpc) is 2.50. The lowest BCUT2D eigenvalue weighted by atomic mass is 10.2. The van der Waals surface area contributed by atoms with Crippen molar-refractivity contribution in [2.45, 2.75) is 20.0 Å². The zero-order chi connectivity index (χ0) is 10.6. The molecule has 0 unspecified atom stereocenters. The molecule has 0 aromatic carbocycles. The number of hydrogen-bond donors (Lipinski definition) is 1. The molecule has 0 bridgehead atoms. The van der Waals surface area contributed by atoms with Gasteiger partial charge in [0.2, 0.25) is 0 Å². The minimum atomic E-state index is 0.534. The lowest BCUT2D eigenvalue weighted by molar-refractivity contribution is 0.315. The SMILES string of the molecule is C=C(C)CN(C)Cc1occc1CN. The van der Waals surface area contributed by atoms with E-state index in [1.54, 1.807) is 6.26 Å². The highest BCUT2D eigenvalue weighted by Crippen LogP contribution is 2.12. The Labute approximate surface area is 85.2 Å². The van der Waals surface area contributed by atoms with E-state index in [-0.39, 0.29) is 0 Å². The molecule has 0 aliphatic heterocycles. The van der Waals surface area contributed by atoms with Crippen molar-refractivity contribution < 1.29 is 4.42 Å². The fourth-order valence-electron chi connectivity index (χ4n) is 1.45. The van der Waals surface area contributed by atoms with Crippen molar-refractivity contribution in [2.24, 2.45) is 5.73 Å². The molecular formula is C11H18N2O. The Hall–Kier alpha value is -1.06. The summed E-state index contributed by atoms with van der Waals surface area (Å²) in [4.78, 5) is 2.15. The molecule has 0 saturated carbocycles. The minimum Gasteiger partial charge on any atom is -0.468 e. The van der Waals surface area contributed by atoms with Gasteiger partial charge in [0, 0.05) is 18.7 Å². The topological polar surface area (TPSA) is 42.4 Å². The Morgan fingerprint density at radius 3 is 2.93 bits per heavy atom. The average molecular weight is 194 g/mol. The van der Waals surface area contributed by atoms with Gasteiger partial charge >= 0.3 is 0 Å². The molecule has 0 fully saturated rings. The van der Waals surface area contributed by atoms with E-state index < -0.39 is 0 Å². The Kier molecular flexibility index (Phi) is 3.92. The first-order valence-electron chi connectivity index (χ1n) is 4.71. The molecule has 2 N–H and O–H groups in total. The van der Waals surface area contributed by atoms with Crippen LogP contribution in [0.5, 0.6) is 0 Å². The maximum absolute atomic E-state index is 5.58. The number of rotatable bonds is 5. The predicted molar refractivity (Wildman–Crippen MR) is 57.7 cm³/mol. The highest BCUT2D eigenvalue weighted by atomic mass is 16.3. The molecule has 78 valence electrons. The maximum atomic E-state index is 5.58. The van der Waals surface area contributed by atoms with Gasteiger partial charge in [-0.2, -0.15) is 0 Å².